The van der Waals surface area contributed by atoms with E-state index in [1.165, 1.54) is 6.08 Å². The minimum Gasteiger partial charge on any atom is -0.516 e. The molecule has 1 nitrogen and oxygen atoms in total. The Bertz CT molecular complexity index is 73.5. The van der Waals surface area contributed by atoms with Crippen molar-refractivity contribution in [2.75, 3.05) is 6.61 Å². The van der Waals surface area contributed by atoms with Gasteiger partial charge in [0.1, 0.15) is 0 Å². The van der Waals surface area contributed by atoms with Crippen LogP contribution in [0.3, 0.4) is 0 Å². The van der Waals surface area contributed by atoms with Crippen LogP contribution in [0.1, 0.15) is 20.8 Å². The van der Waals surface area contributed by atoms with Crippen molar-refractivity contribution in [1.82, 2.24) is 0 Å². The Kier molecular flexibility index (Phi) is 6.83. The van der Waals surface area contributed by atoms with Crippen molar-refractivity contribution in [2.24, 2.45) is 0 Å². The van der Waals surface area contributed by atoms with Gasteiger partial charge in [0.2, 0.25) is 0 Å². The van der Waals surface area contributed by atoms with Gasteiger partial charge in [-0.15, -0.1) is 0 Å². The van der Waals surface area contributed by atoms with Crippen LogP contribution in [-0.4, -0.2) is 12.2 Å². The number of hydrogen-bond donors (Lipinski definition) is 0. The first kappa shape index (κ1) is 12.0. The summed E-state index contributed by atoms with van der Waals surface area (Å²) in [4.78, 5) is 0. The van der Waals surface area contributed by atoms with Crippen molar-refractivity contribution < 1.29 is 23.6 Å². The second-order valence-corrected chi connectivity index (χ2v) is 2.66. The average Bonchev–Trinajstić information content (AvgIpc) is 1.59. The van der Waals surface area contributed by atoms with Crippen molar-refractivity contribution in [2.45, 2.75) is 26.4 Å². The average molecular weight is 120 g/mol. The Balaban J connectivity index is 0. The minimum absolute atomic E-state index is 0. The number of rotatable bonds is 2. The third kappa shape index (κ3) is 11.7. The zero-order chi connectivity index (χ0) is 6.62. The van der Waals surface area contributed by atoms with E-state index in [1.54, 1.807) is 0 Å². The fraction of sp³-hybridized carbons (Fsp3) is 0.714. The Hall–Kier alpha value is 0.297. The Morgan fingerprint density at radius 3 is 2.00 bits per heavy atom. The molecule has 2 heteroatoms. The molecule has 0 aliphatic carbocycles. The molecule has 0 rings (SSSR count). The number of ether oxygens (including phenoxy) is 1. The summed E-state index contributed by atoms with van der Waals surface area (Å²) in [6.45, 7) is 11.6. The molecule has 9 heavy (non-hydrogen) atoms. The fourth-order valence-electron chi connectivity index (χ4n) is 0.298. The second-order valence-electron chi connectivity index (χ2n) is 2.66. The van der Waals surface area contributed by atoms with Crippen molar-refractivity contribution in [3.8, 4) is 0 Å². The van der Waals surface area contributed by atoms with E-state index in [0.717, 1.165) is 0 Å². The minimum atomic E-state index is -0.0597. The summed E-state index contributed by atoms with van der Waals surface area (Å²) >= 11 is 0. The molecular formula is C7H13LiO. The number of hydrogen-bond acceptors (Lipinski definition) is 1. The van der Waals surface area contributed by atoms with E-state index in [2.05, 4.69) is 0 Å². The Morgan fingerprint density at radius 1 is 1.44 bits per heavy atom. The van der Waals surface area contributed by atoms with Crippen LogP contribution in [0.4, 0.5) is 0 Å². The van der Waals surface area contributed by atoms with Crippen molar-refractivity contribution in [1.29, 1.82) is 0 Å². The molecule has 0 saturated carbocycles. The predicted molar refractivity (Wildman–Crippen MR) is 34.6 cm³/mol. The summed E-state index contributed by atoms with van der Waals surface area (Å²) < 4.78 is 5.20. The van der Waals surface area contributed by atoms with Gasteiger partial charge in [0.05, 0.1) is 5.60 Å². The molecule has 0 aliphatic rings. The quantitative estimate of drug-likeness (QED) is 0.328. The van der Waals surface area contributed by atoms with Crippen molar-refractivity contribution in [3.63, 3.8) is 0 Å². The fourth-order valence-corrected chi connectivity index (χ4v) is 0.298. The van der Waals surface area contributed by atoms with Gasteiger partial charge >= 0.3 is 18.9 Å². The molecular weight excluding hydrogens is 107 g/mol. The molecule has 0 amide bonds. The molecule has 0 aliphatic heterocycles. The smallest absolute Gasteiger partial charge is 0.516 e. The van der Waals surface area contributed by atoms with Gasteiger partial charge in [-0.05, 0) is 20.8 Å². The van der Waals surface area contributed by atoms with Crippen LogP contribution in [0.5, 0.6) is 0 Å². The topological polar surface area (TPSA) is 9.23 Å². The van der Waals surface area contributed by atoms with E-state index in [9.17, 15) is 0 Å². The van der Waals surface area contributed by atoms with E-state index in [0.29, 0.717) is 6.61 Å². The molecule has 48 valence electrons. The first-order valence-electron chi connectivity index (χ1n) is 2.73. The maximum atomic E-state index is 5.20. The van der Waals surface area contributed by atoms with Crippen molar-refractivity contribution in [3.05, 3.63) is 12.7 Å². The van der Waals surface area contributed by atoms with Gasteiger partial charge in [0.15, 0.2) is 0 Å². The van der Waals surface area contributed by atoms with E-state index in [-0.39, 0.29) is 24.5 Å². The summed E-state index contributed by atoms with van der Waals surface area (Å²) in [6, 6.07) is 0. The van der Waals surface area contributed by atoms with E-state index >= 15 is 0 Å². The Morgan fingerprint density at radius 2 is 1.89 bits per heavy atom. The molecule has 0 radical (unpaired) electrons. The molecule has 0 unspecified atom stereocenters. The van der Waals surface area contributed by atoms with Crippen molar-refractivity contribution >= 4 is 0 Å². The summed E-state index contributed by atoms with van der Waals surface area (Å²) in [6.07, 6.45) is 1.51. The van der Waals surface area contributed by atoms with E-state index in [1.807, 2.05) is 20.8 Å². The molecule has 0 fully saturated rings. The standard InChI is InChI=1S/C7H13O.Li/c1-5-6-8-7(2,3)4;/h1,5H,6H2,2-4H3;/q-1;+1. The largest absolute Gasteiger partial charge is 1.00 e. The molecule has 0 aromatic rings. The third-order valence-corrected chi connectivity index (χ3v) is 0.613. The maximum absolute atomic E-state index is 5.20. The van der Waals surface area contributed by atoms with Crippen LogP contribution in [0.15, 0.2) is 6.08 Å². The molecule has 0 aromatic heterocycles. The summed E-state index contributed by atoms with van der Waals surface area (Å²) in [7, 11) is 0. The van der Waals surface area contributed by atoms with Gasteiger partial charge in [-0.1, -0.05) is 0 Å². The van der Waals surface area contributed by atoms with Crippen LogP contribution >= 0.6 is 0 Å². The molecule has 0 N–H and O–H groups in total. The molecule has 0 aromatic carbocycles. The second kappa shape index (κ2) is 5.11. The van der Waals surface area contributed by atoms with Crippen LogP contribution in [0.2, 0.25) is 0 Å². The molecule has 0 atom stereocenters. The monoisotopic (exact) mass is 120 g/mol. The van der Waals surface area contributed by atoms with Gasteiger partial charge in [-0.2, -0.15) is 0 Å². The zero-order valence-corrected chi connectivity index (χ0v) is 6.77. The normalized spacial score (nSPS) is 10.1. The molecule has 0 saturated heterocycles. The van der Waals surface area contributed by atoms with Crippen LogP contribution in [-0.2, 0) is 4.74 Å². The van der Waals surface area contributed by atoms with Gasteiger partial charge in [-0.3, -0.25) is 0 Å². The van der Waals surface area contributed by atoms with Gasteiger partial charge in [0, 0.05) is 6.61 Å². The van der Waals surface area contributed by atoms with Gasteiger partial charge in [0.25, 0.3) is 0 Å². The first-order chi connectivity index (χ1) is 3.56. The predicted octanol–water partition coefficient (Wildman–Crippen LogP) is -1.21. The van der Waals surface area contributed by atoms with E-state index < -0.39 is 0 Å². The Labute approximate surface area is 69.7 Å². The van der Waals surface area contributed by atoms with Gasteiger partial charge in [-0.25, -0.2) is 6.08 Å². The van der Waals surface area contributed by atoms with Crippen LogP contribution in [0, 0.1) is 6.58 Å². The van der Waals surface area contributed by atoms with E-state index in [4.69, 9.17) is 11.3 Å². The maximum Gasteiger partial charge on any atom is 1.00 e. The first-order valence-corrected chi connectivity index (χ1v) is 2.73. The summed E-state index contributed by atoms with van der Waals surface area (Å²) in [5.74, 6) is 0. The van der Waals surface area contributed by atoms with Gasteiger partial charge < -0.3 is 11.3 Å². The molecule has 0 spiro atoms. The molecule has 0 heterocycles. The summed E-state index contributed by atoms with van der Waals surface area (Å²) in [5.41, 5.74) is -0.0597. The SMILES string of the molecule is [CH-]=CCOC(C)(C)C.[Li+]. The van der Waals surface area contributed by atoms with Crippen LogP contribution in [0.25, 0.3) is 0 Å². The van der Waals surface area contributed by atoms with Crippen LogP contribution < -0.4 is 18.9 Å². The zero-order valence-electron chi connectivity index (χ0n) is 6.77. The molecule has 0 bridgehead atoms. The third-order valence-electron chi connectivity index (χ3n) is 0.613. The summed E-state index contributed by atoms with van der Waals surface area (Å²) in [5, 5.41) is 0.